The second-order valence-electron chi connectivity index (χ2n) is 8.56. The number of hydrogen-bond donors (Lipinski definition) is 3. The number of benzene rings is 2. The first-order valence-electron chi connectivity index (χ1n) is 11.6. The molecule has 0 bridgehead atoms. The minimum Gasteiger partial charge on any atom is -0.497 e. The number of aromatic nitrogens is 3. The summed E-state index contributed by atoms with van der Waals surface area (Å²) in [5.74, 6) is 1.21. The molecule has 2 aromatic carbocycles. The summed E-state index contributed by atoms with van der Waals surface area (Å²) in [6, 6.07) is 13.2. The van der Waals surface area contributed by atoms with Crippen LogP contribution in [0, 0.1) is 6.92 Å². The van der Waals surface area contributed by atoms with Crippen LogP contribution in [0.15, 0.2) is 61.1 Å². The summed E-state index contributed by atoms with van der Waals surface area (Å²) < 4.78 is 18.2. The standard InChI is InChI=1S/C26H28N6O4/c1-16-11-19(5-8-21(16)26(33)30-13-23-35-14-18(27)15-36-23)31-24-25-29-12-22(32(25)10-9-28-24)17-3-6-20(34-2)7-4-17/h3-12,18,23H,13-15,27H2,1-2H3,(H,28,31)(H,30,33). The van der Waals surface area contributed by atoms with E-state index in [0.29, 0.717) is 30.2 Å². The van der Waals surface area contributed by atoms with Crippen LogP contribution < -0.4 is 21.1 Å². The molecule has 10 heteroatoms. The van der Waals surface area contributed by atoms with Crippen LogP contribution in [0.4, 0.5) is 11.5 Å². The fourth-order valence-electron chi connectivity index (χ4n) is 4.06. The van der Waals surface area contributed by atoms with Crippen LogP contribution >= 0.6 is 0 Å². The van der Waals surface area contributed by atoms with E-state index in [9.17, 15) is 4.79 Å². The molecule has 1 amide bonds. The number of nitrogens with zero attached hydrogens (tertiary/aromatic N) is 3. The lowest BCUT2D eigenvalue weighted by atomic mass is 10.1. The summed E-state index contributed by atoms with van der Waals surface area (Å²) in [4.78, 5) is 21.8. The molecule has 5 rings (SSSR count). The highest BCUT2D eigenvalue weighted by atomic mass is 16.7. The van der Waals surface area contributed by atoms with Gasteiger partial charge in [-0.1, -0.05) is 0 Å². The summed E-state index contributed by atoms with van der Waals surface area (Å²) >= 11 is 0. The van der Waals surface area contributed by atoms with Gasteiger partial charge < -0.3 is 30.6 Å². The van der Waals surface area contributed by atoms with Crippen molar-refractivity contribution in [1.29, 1.82) is 0 Å². The molecule has 1 fully saturated rings. The van der Waals surface area contributed by atoms with Crippen LogP contribution in [0.2, 0.25) is 0 Å². The van der Waals surface area contributed by atoms with Crippen molar-refractivity contribution < 1.29 is 19.0 Å². The number of anilines is 2. The van der Waals surface area contributed by atoms with Crippen LogP contribution in [0.25, 0.3) is 16.9 Å². The van der Waals surface area contributed by atoms with E-state index in [2.05, 4.69) is 20.6 Å². The molecule has 0 unspecified atom stereocenters. The number of nitrogens with one attached hydrogen (secondary N) is 2. The zero-order chi connectivity index (χ0) is 25.1. The number of nitrogens with two attached hydrogens (primary N) is 1. The van der Waals surface area contributed by atoms with Gasteiger partial charge in [-0.2, -0.15) is 0 Å². The molecule has 0 radical (unpaired) electrons. The molecule has 186 valence electrons. The maximum atomic E-state index is 12.7. The van der Waals surface area contributed by atoms with Crippen molar-refractivity contribution in [3.63, 3.8) is 0 Å². The van der Waals surface area contributed by atoms with E-state index >= 15 is 0 Å². The lowest BCUT2D eigenvalue weighted by Crippen LogP contribution is -2.45. The summed E-state index contributed by atoms with van der Waals surface area (Å²) in [5, 5.41) is 6.19. The van der Waals surface area contributed by atoms with E-state index in [-0.39, 0.29) is 18.5 Å². The zero-order valence-electron chi connectivity index (χ0n) is 20.1. The number of carbonyl (C=O) groups excluding carboxylic acids is 1. The Hall–Kier alpha value is -3.99. The Bertz CT molecular complexity index is 1360. The van der Waals surface area contributed by atoms with Gasteiger partial charge in [0.1, 0.15) is 5.75 Å². The Morgan fingerprint density at radius 2 is 1.94 bits per heavy atom. The summed E-state index contributed by atoms with van der Waals surface area (Å²) in [6.07, 6.45) is 4.93. The molecular weight excluding hydrogens is 460 g/mol. The maximum absolute atomic E-state index is 12.7. The summed E-state index contributed by atoms with van der Waals surface area (Å²) in [6.45, 7) is 2.98. The number of amides is 1. The lowest BCUT2D eigenvalue weighted by molar-refractivity contribution is -0.181. The first-order valence-corrected chi connectivity index (χ1v) is 11.6. The number of hydrogen-bond acceptors (Lipinski definition) is 8. The molecule has 1 aliphatic rings. The predicted molar refractivity (Wildman–Crippen MR) is 135 cm³/mol. The van der Waals surface area contributed by atoms with Crippen molar-refractivity contribution in [2.45, 2.75) is 19.3 Å². The predicted octanol–water partition coefficient (Wildman–Crippen LogP) is 2.89. The Balaban J connectivity index is 1.29. The lowest BCUT2D eigenvalue weighted by Gasteiger charge is -2.27. The number of ether oxygens (including phenoxy) is 3. The average Bonchev–Trinajstić information content (AvgIpc) is 3.33. The van der Waals surface area contributed by atoms with Gasteiger partial charge in [0, 0.05) is 29.2 Å². The molecular formula is C26H28N6O4. The van der Waals surface area contributed by atoms with Gasteiger partial charge in [-0.25, -0.2) is 9.97 Å². The van der Waals surface area contributed by atoms with E-state index < -0.39 is 6.29 Å². The first-order chi connectivity index (χ1) is 17.5. The minimum atomic E-state index is -0.487. The number of aryl methyl sites for hydroxylation is 1. The van der Waals surface area contributed by atoms with Crippen LogP contribution in [0.5, 0.6) is 5.75 Å². The molecule has 0 atom stereocenters. The number of carbonyl (C=O) groups is 1. The second kappa shape index (κ2) is 10.3. The highest BCUT2D eigenvalue weighted by molar-refractivity contribution is 5.96. The van der Waals surface area contributed by atoms with E-state index in [4.69, 9.17) is 19.9 Å². The maximum Gasteiger partial charge on any atom is 0.251 e. The topological polar surface area (TPSA) is 125 Å². The fraction of sp³-hybridized carbons (Fsp3) is 0.269. The number of rotatable bonds is 7. The van der Waals surface area contributed by atoms with Crippen molar-refractivity contribution in [3.8, 4) is 17.0 Å². The van der Waals surface area contributed by atoms with Gasteiger partial charge in [-0.15, -0.1) is 0 Å². The zero-order valence-corrected chi connectivity index (χ0v) is 20.1. The van der Waals surface area contributed by atoms with Gasteiger partial charge in [0.05, 0.1) is 44.8 Å². The molecule has 3 heterocycles. The van der Waals surface area contributed by atoms with E-state index in [1.807, 2.05) is 60.1 Å². The van der Waals surface area contributed by atoms with E-state index in [1.54, 1.807) is 19.4 Å². The second-order valence-corrected chi connectivity index (χ2v) is 8.56. The SMILES string of the molecule is COc1ccc(-c2cnc3c(Nc4ccc(C(=O)NCC5OCC(N)CO5)c(C)c4)nccn23)cc1. The third-order valence-electron chi connectivity index (χ3n) is 5.97. The van der Waals surface area contributed by atoms with Crippen LogP contribution in [-0.4, -0.2) is 59.5 Å². The van der Waals surface area contributed by atoms with Gasteiger partial charge in [0.15, 0.2) is 17.8 Å². The monoisotopic (exact) mass is 488 g/mol. The smallest absolute Gasteiger partial charge is 0.251 e. The van der Waals surface area contributed by atoms with Gasteiger partial charge in [-0.3, -0.25) is 9.20 Å². The van der Waals surface area contributed by atoms with Gasteiger partial charge in [0.2, 0.25) is 0 Å². The molecule has 2 aromatic heterocycles. The highest BCUT2D eigenvalue weighted by Crippen LogP contribution is 2.27. The van der Waals surface area contributed by atoms with Crippen LogP contribution in [0.3, 0.4) is 0 Å². The molecule has 0 spiro atoms. The fourth-order valence-corrected chi connectivity index (χ4v) is 4.06. The van der Waals surface area contributed by atoms with Crippen molar-refractivity contribution in [2.24, 2.45) is 5.73 Å². The van der Waals surface area contributed by atoms with Crippen LogP contribution in [-0.2, 0) is 9.47 Å². The largest absolute Gasteiger partial charge is 0.497 e. The van der Waals surface area contributed by atoms with Crippen molar-refractivity contribution in [3.05, 3.63) is 72.2 Å². The molecule has 4 N–H and O–H groups in total. The van der Waals surface area contributed by atoms with Gasteiger partial charge >= 0.3 is 0 Å². The minimum absolute atomic E-state index is 0.129. The molecule has 0 saturated carbocycles. The molecule has 10 nitrogen and oxygen atoms in total. The Kier molecular flexibility index (Phi) is 6.81. The van der Waals surface area contributed by atoms with Gasteiger partial charge in [0.25, 0.3) is 5.91 Å². The third kappa shape index (κ3) is 5.01. The number of imidazole rings is 1. The third-order valence-corrected chi connectivity index (χ3v) is 5.97. The number of methoxy groups -OCH3 is 1. The Morgan fingerprint density at radius 3 is 2.67 bits per heavy atom. The highest BCUT2D eigenvalue weighted by Gasteiger charge is 2.20. The van der Waals surface area contributed by atoms with Crippen molar-refractivity contribution >= 4 is 23.1 Å². The molecule has 0 aliphatic carbocycles. The van der Waals surface area contributed by atoms with E-state index in [0.717, 1.165) is 28.3 Å². The quantitative estimate of drug-likeness (QED) is 0.363. The van der Waals surface area contributed by atoms with Crippen LogP contribution in [0.1, 0.15) is 15.9 Å². The summed E-state index contributed by atoms with van der Waals surface area (Å²) in [5.41, 5.74) is 10.6. The Labute approximate surface area is 208 Å². The number of fused-ring (bicyclic) bond motifs is 1. The molecule has 1 saturated heterocycles. The van der Waals surface area contributed by atoms with Crippen molar-refractivity contribution in [2.75, 3.05) is 32.2 Å². The Morgan fingerprint density at radius 1 is 1.17 bits per heavy atom. The first kappa shape index (κ1) is 23.7. The van der Waals surface area contributed by atoms with E-state index in [1.165, 1.54) is 0 Å². The normalized spacial score (nSPS) is 17.6. The van der Waals surface area contributed by atoms with Crippen molar-refractivity contribution in [1.82, 2.24) is 19.7 Å². The van der Waals surface area contributed by atoms with Gasteiger partial charge in [-0.05, 0) is 55.0 Å². The summed E-state index contributed by atoms with van der Waals surface area (Å²) in [7, 11) is 1.64. The molecule has 1 aliphatic heterocycles. The average molecular weight is 489 g/mol. The molecule has 36 heavy (non-hydrogen) atoms. The molecule has 4 aromatic rings.